The van der Waals surface area contributed by atoms with Crippen LogP contribution in [-0.2, 0) is 0 Å². The van der Waals surface area contributed by atoms with Crippen LogP contribution in [0.2, 0.25) is 0 Å². The molecule has 0 saturated heterocycles. The Hall–Kier alpha value is -1.82. The maximum Gasteiger partial charge on any atom is 0.273 e. The third kappa shape index (κ3) is 4.34. The van der Waals surface area contributed by atoms with Crippen LogP contribution < -0.4 is 0 Å². The lowest BCUT2D eigenvalue weighted by Crippen LogP contribution is -2.37. The Labute approximate surface area is 135 Å². The SMILES string of the molecule is CC(C)CN(CC(C)C)C(=O)c1csc(-c2ncccn2)n1. The lowest BCUT2D eigenvalue weighted by molar-refractivity contribution is 0.0710. The van der Waals surface area contributed by atoms with E-state index < -0.39 is 0 Å². The van der Waals surface area contributed by atoms with Gasteiger partial charge in [0.1, 0.15) is 5.69 Å². The van der Waals surface area contributed by atoms with Gasteiger partial charge in [-0.3, -0.25) is 4.79 Å². The van der Waals surface area contributed by atoms with Crippen LogP contribution in [0.4, 0.5) is 0 Å². The van der Waals surface area contributed by atoms with Crippen molar-refractivity contribution in [1.29, 1.82) is 0 Å². The van der Waals surface area contributed by atoms with E-state index in [-0.39, 0.29) is 5.91 Å². The van der Waals surface area contributed by atoms with Gasteiger partial charge in [-0.05, 0) is 17.9 Å². The van der Waals surface area contributed by atoms with Gasteiger partial charge in [-0.25, -0.2) is 15.0 Å². The number of nitrogens with zero attached hydrogens (tertiary/aromatic N) is 4. The Kier molecular flexibility index (Phi) is 5.60. The highest BCUT2D eigenvalue weighted by molar-refractivity contribution is 7.13. The fraction of sp³-hybridized carbons (Fsp3) is 0.500. The van der Waals surface area contributed by atoms with Crippen LogP contribution in [0, 0.1) is 11.8 Å². The van der Waals surface area contributed by atoms with Crippen LogP contribution >= 0.6 is 11.3 Å². The van der Waals surface area contributed by atoms with E-state index in [0.29, 0.717) is 28.4 Å². The number of thiazole rings is 1. The summed E-state index contributed by atoms with van der Waals surface area (Å²) in [7, 11) is 0. The van der Waals surface area contributed by atoms with E-state index in [0.717, 1.165) is 13.1 Å². The number of hydrogen-bond acceptors (Lipinski definition) is 5. The van der Waals surface area contributed by atoms with Crippen molar-refractivity contribution in [3.8, 4) is 10.8 Å². The third-order valence-corrected chi connectivity index (χ3v) is 3.78. The average molecular weight is 318 g/mol. The second-order valence-corrected chi connectivity index (χ2v) is 6.97. The van der Waals surface area contributed by atoms with Gasteiger partial charge in [-0.1, -0.05) is 27.7 Å². The molecule has 0 atom stereocenters. The summed E-state index contributed by atoms with van der Waals surface area (Å²) in [5.74, 6) is 1.41. The number of aromatic nitrogens is 3. The molecule has 0 aliphatic heterocycles. The monoisotopic (exact) mass is 318 g/mol. The van der Waals surface area contributed by atoms with Crippen molar-refractivity contribution in [3.63, 3.8) is 0 Å². The minimum Gasteiger partial charge on any atom is -0.337 e. The Morgan fingerprint density at radius 1 is 1.14 bits per heavy atom. The first-order valence-electron chi connectivity index (χ1n) is 7.49. The zero-order chi connectivity index (χ0) is 16.1. The maximum absolute atomic E-state index is 12.7. The van der Waals surface area contributed by atoms with Gasteiger partial charge >= 0.3 is 0 Å². The Morgan fingerprint density at radius 2 is 1.73 bits per heavy atom. The standard InChI is InChI=1S/C16H22N4OS/c1-11(2)8-20(9-12(3)4)16(21)13-10-22-15(19-13)14-17-6-5-7-18-14/h5-7,10-12H,8-9H2,1-4H3. The van der Waals surface area contributed by atoms with Gasteiger partial charge in [-0.15, -0.1) is 11.3 Å². The minimum absolute atomic E-state index is 0.0131. The molecule has 2 aromatic heterocycles. The molecule has 5 nitrogen and oxygen atoms in total. The van der Waals surface area contributed by atoms with E-state index in [2.05, 4.69) is 42.6 Å². The zero-order valence-corrected chi connectivity index (χ0v) is 14.3. The zero-order valence-electron chi connectivity index (χ0n) is 13.5. The van der Waals surface area contributed by atoms with E-state index in [1.54, 1.807) is 23.8 Å². The first-order chi connectivity index (χ1) is 10.5. The van der Waals surface area contributed by atoms with Crippen molar-refractivity contribution in [1.82, 2.24) is 19.9 Å². The molecule has 0 radical (unpaired) electrons. The maximum atomic E-state index is 12.7. The summed E-state index contributed by atoms with van der Waals surface area (Å²) in [6, 6.07) is 1.76. The van der Waals surface area contributed by atoms with Crippen molar-refractivity contribution in [2.24, 2.45) is 11.8 Å². The topological polar surface area (TPSA) is 59.0 Å². The summed E-state index contributed by atoms with van der Waals surface area (Å²) in [6.45, 7) is 9.95. The lowest BCUT2D eigenvalue weighted by atomic mass is 10.1. The molecule has 22 heavy (non-hydrogen) atoms. The van der Waals surface area contributed by atoms with Crippen molar-refractivity contribution < 1.29 is 4.79 Å². The molecular weight excluding hydrogens is 296 g/mol. The van der Waals surface area contributed by atoms with Gasteiger partial charge in [0.15, 0.2) is 10.8 Å². The number of carbonyl (C=O) groups is 1. The summed E-state index contributed by atoms with van der Waals surface area (Å²) in [4.78, 5) is 27.3. The predicted octanol–water partition coefficient (Wildman–Crippen LogP) is 3.35. The normalized spacial score (nSPS) is 11.2. The largest absolute Gasteiger partial charge is 0.337 e. The first-order valence-corrected chi connectivity index (χ1v) is 8.37. The molecule has 118 valence electrons. The molecule has 2 aromatic rings. The summed E-state index contributed by atoms with van der Waals surface area (Å²) < 4.78 is 0. The molecule has 0 aromatic carbocycles. The quantitative estimate of drug-likeness (QED) is 0.819. The minimum atomic E-state index is -0.0131. The van der Waals surface area contributed by atoms with Crippen molar-refractivity contribution in [2.45, 2.75) is 27.7 Å². The highest BCUT2D eigenvalue weighted by Gasteiger charge is 2.21. The van der Waals surface area contributed by atoms with Crippen molar-refractivity contribution in [2.75, 3.05) is 13.1 Å². The van der Waals surface area contributed by atoms with E-state index >= 15 is 0 Å². The Bertz CT molecular complexity index is 600. The van der Waals surface area contributed by atoms with Gasteiger partial charge in [0.05, 0.1) is 0 Å². The molecule has 0 fully saturated rings. The molecule has 0 spiro atoms. The van der Waals surface area contributed by atoms with Crippen LogP contribution in [-0.4, -0.2) is 38.8 Å². The van der Waals surface area contributed by atoms with Crippen LogP contribution in [0.5, 0.6) is 0 Å². The number of hydrogen-bond donors (Lipinski definition) is 0. The van der Waals surface area contributed by atoms with E-state index in [1.807, 2.05) is 4.90 Å². The second kappa shape index (κ2) is 7.45. The van der Waals surface area contributed by atoms with Gasteiger partial charge in [0.25, 0.3) is 5.91 Å². The number of carbonyl (C=O) groups excluding carboxylic acids is 1. The Morgan fingerprint density at radius 3 is 2.27 bits per heavy atom. The predicted molar refractivity (Wildman–Crippen MR) is 88.7 cm³/mol. The molecule has 2 rings (SSSR count). The molecule has 0 saturated carbocycles. The summed E-state index contributed by atoms with van der Waals surface area (Å²) in [5, 5.41) is 2.47. The van der Waals surface area contributed by atoms with Gasteiger partial charge < -0.3 is 4.90 Å². The van der Waals surface area contributed by atoms with Gasteiger partial charge in [-0.2, -0.15) is 0 Å². The molecule has 0 aliphatic rings. The second-order valence-electron chi connectivity index (χ2n) is 6.11. The van der Waals surface area contributed by atoms with Crippen LogP contribution in [0.15, 0.2) is 23.8 Å². The smallest absolute Gasteiger partial charge is 0.273 e. The van der Waals surface area contributed by atoms with E-state index in [9.17, 15) is 4.79 Å². The first kappa shape index (κ1) is 16.5. The van der Waals surface area contributed by atoms with Crippen molar-refractivity contribution in [3.05, 3.63) is 29.5 Å². The molecular formula is C16H22N4OS. The van der Waals surface area contributed by atoms with Crippen LogP contribution in [0.1, 0.15) is 38.2 Å². The molecule has 0 N–H and O–H groups in total. The lowest BCUT2D eigenvalue weighted by Gasteiger charge is -2.25. The fourth-order valence-electron chi connectivity index (χ4n) is 2.17. The third-order valence-electron chi connectivity index (χ3n) is 2.94. The molecule has 0 aliphatic carbocycles. The van der Waals surface area contributed by atoms with E-state index in [4.69, 9.17) is 0 Å². The summed E-state index contributed by atoms with van der Waals surface area (Å²) >= 11 is 1.40. The number of rotatable bonds is 6. The highest BCUT2D eigenvalue weighted by Crippen LogP contribution is 2.21. The summed E-state index contributed by atoms with van der Waals surface area (Å²) in [6.07, 6.45) is 3.35. The molecule has 6 heteroatoms. The van der Waals surface area contributed by atoms with Crippen LogP contribution in [0.25, 0.3) is 10.8 Å². The Balaban J connectivity index is 2.18. The highest BCUT2D eigenvalue weighted by atomic mass is 32.1. The van der Waals surface area contributed by atoms with Gasteiger partial charge in [0.2, 0.25) is 0 Å². The molecule has 2 heterocycles. The van der Waals surface area contributed by atoms with Gasteiger partial charge in [0, 0.05) is 30.9 Å². The van der Waals surface area contributed by atoms with Crippen LogP contribution in [0.3, 0.4) is 0 Å². The fourth-order valence-corrected chi connectivity index (χ4v) is 2.91. The van der Waals surface area contributed by atoms with Crippen molar-refractivity contribution >= 4 is 17.2 Å². The summed E-state index contributed by atoms with van der Waals surface area (Å²) in [5.41, 5.74) is 0.480. The van der Waals surface area contributed by atoms with E-state index in [1.165, 1.54) is 11.3 Å². The average Bonchev–Trinajstić information content (AvgIpc) is 2.95. The molecule has 0 bridgehead atoms. The molecule has 0 unspecified atom stereocenters. The number of amides is 1. The molecule has 1 amide bonds.